The summed E-state index contributed by atoms with van der Waals surface area (Å²) in [6.07, 6.45) is -1.54. The molecule has 0 aromatic heterocycles. The number of hydrogen-bond acceptors (Lipinski definition) is 7. The summed E-state index contributed by atoms with van der Waals surface area (Å²) in [4.78, 5) is 39.0. The summed E-state index contributed by atoms with van der Waals surface area (Å²) in [5, 5.41) is 14.7. The number of carbonyl (C=O) groups is 2. The molecule has 0 aliphatic heterocycles. The molecule has 1 atom stereocenters. The van der Waals surface area contributed by atoms with Crippen LogP contribution in [0.5, 0.6) is 0 Å². The second kappa shape index (κ2) is 11.1. The van der Waals surface area contributed by atoms with E-state index in [1.165, 1.54) is 0 Å². The molecule has 0 heterocycles. The summed E-state index contributed by atoms with van der Waals surface area (Å²) in [7, 11) is 0. The van der Waals surface area contributed by atoms with Crippen LogP contribution in [-0.4, -0.2) is 36.3 Å². The highest BCUT2D eigenvalue weighted by molar-refractivity contribution is 6.39. The van der Waals surface area contributed by atoms with Gasteiger partial charge in [-0.15, -0.1) is 10.1 Å². The Kier molecular flexibility index (Phi) is 8.50. The lowest BCUT2D eigenvalue weighted by molar-refractivity contribution is -0.757. The maximum Gasteiger partial charge on any atom is 0.312 e. The predicted octanol–water partition coefficient (Wildman–Crippen LogP) is 2.84. The van der Waals surface area contributed by atoms with E-state index in [-0.39, 0.29) is 35.3 Å². The Bertz CT molecular complexity index is 846. The van der Waals surface area contributed by atoms with Crippen LogP contribution in [0.25, 0.3) is 0 Å². The molecule has 2 aromatic carbocycles. The minimum atomic E-state index is -1.47. The highest BCUT2D eigenvalue weighted by Gasteiger charge is 2.24. The molecular formula is C18H17Cl2N3O6. The average molecular weight is 442 g/mol. The van der Waals surface area contributed by atoms with Gasteiger partial charge in [0.15, 0.2) is 0 Å². The van der Waals surface area contributed by atoms with Crippen molar-refractivity contribution in [1.29, 1.82) is 0 Å². The van der Waals surface area contributed by atoms with Crippen molar-refractivity contribution in [2.45, 2.75) is 12.6 Å². The number of nitrogens with zero attached hydrogens (tertiary/aromatic N) is 1. The molecule has 0 bridgehead atoms. The first-order valence-corrected chi connectivity index (χ1v) is 9.11. The van der Waals surface area contributed by atoms with Gasteiger partial charge in [0.25, 0.3) is 17.2 Å². The Morgan fingerprint density at radius 1 is 1.07 bits per heavy atom. The van der Waals surface area contributed by atoms with Crippen molar-refractivity contribution in [3.63, 3.8) is 0 Å². The Morgan fingerprint density at radius 2 is 1.72 bits per heavy atom. The number of rotatable bonds is 10. The fourth-order valence-corrected chi connectivity index (χ4v) is 2.74. The molecule has 0 saturated carbocycles. The van der Waals surface area contributed by atoms with Gasteiger partial charge in [0.1, 0.15) is 6.61 Å². The summed E-state index contributed by atoms with van der Waals surface area (Å²) in [6.45, 7) is -0.541. The zero-order chi connectivity index (χ0) is 21.2. The van der Waals surface area contributed by atoms with Crippen LogP contribution >= 0.6 is 23.2 Å². The van der Waals surface area contributed by atoms with Crippen LogP contribution in [0.15, 0.2) is 48.5 Å². The standard InChI is InChI=1S/C18H17Cl2N3O6/c19-13-7-4-8-14(20)16(13)22-18(17(25)21-9-10-28-23(26)27)29-15(24)11-12-5-2-1-3-6-12/h1-8,18,22H,9-11H2,(H,21,25). The molecular weight excluding hydrogens is 425 g/mol. The third-order valence-electron chi connectivity index (χ3n) is 3.51. The van der Waals surface area contributed by atoms with Crippen LogP contribution in [0.2, 0.25) is 10.0 Å². The summed E-state index contributed by atoms with van der Waals surface area (Å²) < 4.78 is 5.25. The van der Waals surface area contributed by atoms with Gasteiger partial charge >= 0.3 is 5.97 Å². The summed E-state index contributed by atoms with van der Waals surface area (Å²) in [5.41, 5.74) is 0.900. The topological polar surface area (TPSA) is 120 Å². The first kappa shape index (κ1) is 22.3. The fourth-order valence-electron chi connectivity index (χ4n) is 2.24. The molecule has 0 radical (unpaired) electrons. The molecule has 0 aliphatic rings. The quantitative estimate of drug-likeness (QED) is 0.191. The van der Waals surface area contributed by atoms with Crippen molar-refractivity contribution in [3.05, 3.63) is 74.3 Å². The molecule has 154 valence electrons. The van der Waals surface area contributed by atoms with E-state index in [4.69, 9.17) is 27.9 Å². The monoisotopic (exact) mass is 441 g/mol. The van der Waals surface area contributed by atoms with Crippen LogP contribution < -0.4 is 10.6 Å². The van der Waals surface area contributed by atoms with Crippen molar-refractivity contribution in [2.24, 2.45) is 0 Å². The minimum Gasteiger partial charge on any atom is -0.432 e. The molecule has 2 rings (SSSR count). The number of halogens is 2. The molecule has 2 N–H and O–H groups in total. The van der Waals surface area contributed by atoms with E-state index < -0.39 is 23.2 Å². The SMILES string of the molecule is O=C(Cc1ccccc1)OC(Nc1c(Cl)cccc1Cl)C(=O)NCCO[N+](=O)[O-]. The van der Waals surface area contributed by atoms with E-state index in [1.807, 2.05) is 0 Å². The predicted molar refractivity (Wildman–Crippen MR) is 106 cm³/mol. The number of nitrogens with one attached hydrogen (secondary N) is 2. The van der Waals surface area contributed by atoms with Gasteiger partial charge in [-0.05, 0) is 17.7 Å². The van der Waals surface area contributed by atoms with Gasteiger partial charge in [0.2, 0.25) is 0 Å². The molecule has 11 heteroatoms. The normalized spacial score (nSPS) is 11.2. The van der Waals surface area contributed by atoms with Gasteiger partial charge in [-0.1, -0.05) is 59.6 Å². The second-order valence-corrected chi connectivity index (χ2v) is 6.44. The van der Waals surface area contributed by atoms with Crippen molar-refractivity contribution < 1.29 is 24.3 Å². The fraction of sp³-hybridized carbons (Fsp3) is 0.222. The molecule has 0 saturated heterocycles. The summed E-state index contributed by atoms with van der Waals surface area (Å²) >= 11 is 12.2. The molecule has 1 amide bonds. The molecule has 0 fully saturated rings. The van der Waals surface area contributed by atoms with Gasteiger partial charge in [0.05, 0.1) is 22.2 Å². The molecule has 9 nitrogen and oxygen atoms in total. The maximum atomic E-state index is 12.4. The van der Waals surface area contributed by atoms with Gasteiger partial charge in [-0.3, -0.25) is 9.59 Å². The largest absolute Gasteiger partial charge is 0.432 e. The van der Waals surface area contributed by atoms with Crippen LogP contribution in [0.4, 0.5) is 5.69 Å². The number of anilines is 1. The van der Waals surface area contributed by atoms with E-state index in [0.29, 0.717) is 5.56 Å². The van der Waals surface area contributed by atoms with Crippen LogP contribution in [0, 0.1) is 10.1 Å². The lowest BCUT2D eigenvalue weighted by Gasteiger charge is -2.21. The Labute approximate surface area is 176 Å². The van der Waals surface area contributed by atoms with E-state index in [1.54, 1.807) is 48.5 Å². The van der Waals surface area contributed by atoms with E-state index in [9.17, 15) is 19.7 Å². The smallest absolute Gasteiger partial charge is 0.312 e. The number of ether oxygens (including phenoxy) is 1. The van der Waals surface area contributed by atoms with Crippen molar-refractivity contribution >= 4 is 40.8 Å². The Hall–Kier alpha value is -3.04. The van der Waals surface area contributed by atoms with Crippen molar-refractivity contribution in [2.75, 3.05) is 18.5 Å². The minimum absolute atomic E-state index is 0.0625. The van der Waals surface area contributed by atoms with Crippen molar-refractivity contribution in [3.8, 4) is 0 Å². The van der Waals surface area contributed by atoms with Crippen LogP contribution in [0.3, 0.4) is 0 Å². The van der Waals surface area contributed by atoms with E-state index in [2.05, 4.69) is 15.5 Å². The van der Waals surface area contributed by atoms with E-state index >= 15 is 0 Å². The van der Waals surface area contributed by atoms with E-state index in [0.717, 1.165) is 0 Å². The lowest BCUT2D eigenvalue weighted by atomic mass is 10.2. The van der Waals surface area contributed by atoms with Crippen molar-refractivity contribution in [1.82, 2.24) is 5.32 Å². The Balaban J connectivity index is 2.08. The lowest BCUT2D eigenvalue weighted by Crippen LogP contribution is -2.44. The number of para-hydroxylation sites is 1. The summed E-state index contributed by atoms with van der Waals surface area (Å²) in [5.74, 6) is -1.43. The maximum absolute atomic E-state index is 12.4. The zero-order valence-electron chi connectivity index (χ0n) is 15.0. The number of carbonyl (C=O) groups excluding carboxylic acids is 2. The Morgan fingerprint density at radius 3 is 2.34 bits per heavy atom. The van der Waals surface area contributed by atoms with Crippen LogP contribution in [0.1, 0.15) is 5.56 Å². The third-order valence-corrected chi connectivity index (χ3v) is 4.14. The molecule has 0 aliphatic carbocycles. The average Bonchev–Trinajstić information content (AvgIpc) is 2.67. The molecule has 1 unspecified atom stereocenters. The first-order valence-electron chi connectivity index (χ1n) is 8.36. The molecule has 2 aromatic rings. The molecule has 0 spiro atoms. The number of amides is 1. The summed E-state index contributed by atoms with van der Waals surface area (Å²) in [6, 6.07) is 13.5. The number of benzene rings is 2. The van der Waals surface area contributed by atoms with Gasteiger partial charge < -0.3 is 20.2 Å². The van der Waals surface area contributed by atoms with Crippen LogP contribution in [-0.2, 0) is 25.6 Å². The second-order valence-electron chi connectivity index (χ2n) is 5.62. The highest BCUT2D eigenvalue weighted by atomic mass is 35.5. The van der Waals surface area contributed by atoms with Gasteiger partial charge in [0, 0.05) is 6.54 Å². The number of hydrogen-bond donors (Lipinski definition) is 2. The third kappa shape index (κ3) is 7.47. The van der Waals surface area contributed by atoms with Gasteiger partial charge in [-0.25, -0.2) is 0 Å². The number of esters is 1. The molecule has 29 heavy (non-hydrogen) atoms. The highest BCUT2D eigenvalue weighted by Crippen LogP contribution is 2.30. The zero-order valence-corrected chi connectivity index (χ0v) is 16.5. The van der Waals surface area contributed by atoms with Gasteiger partial charge in [-0.2, -0.15) is 0 Å². The first-order chi connectivity index (χ1) is 13.9.